The van der Waals surface area contributed by atoms with Crippen molar-refractivity contribution in [3.63, 3.8) is 0 Å². The van der Waals surface area contributed by atoms with Crippen LogP contribution in [0, 0.1) is 0 Å². The van der Waals surface area contributed by atoms with E-state index in [2.05, 4.69) is 20.7 Å². The summed E-state index contributed by atoms with van der Waals surface area (Å²) in [6.45, 7) is 2.13. The Morgan fingerprint density at radius 1 is 0.975 bits per heavy atom. The number of anilines is 2. The van der Waals surface area contributed by atoms with Crippen LogP contribution in [0.3, 0.4) is 0 Å². The minimum Gasteiger partial charge on any atom is -0.495 e. The number of amides is 1. The molecule has 0 spiro atoms. The van der Waals surface area contributed by atoms with E-state index in [4.69, 9.17) is 49.0 Å². The van der Waals surface area contributed by atoms with Gasteiger partial charge in [-0.05, 0) is 42.3 Å². The second-order valence-electron chi connectivity index (χ2n) is 8.84. The quantitative estimate of drug-likeness (QED) is 0.230. The average molecular weight is 601 g/mol. The number of methoxy groups -OCH3 is 2. The Morgan fingerprint density at radius 2 is 1.73 bits per heavy atom. The molecule has 1 atom stereocenters. The third kappa shape index (κ3) is 5.54. The number of halogens is 3. The van der Waals surface area contributed by atoms with Crippen LogP contribution in [0.25, 0.3) is 0 Å². The molecule has 1 aliphatic rings. The molecule has 0 bridgehead atoms. The van der Waals surface area contributed by atoms with Crippen LogP contribution in [0.2, 0.25) is 15.1 Å². The zero-order valence-corrected chi connectivity index (χ0v) is 23.9. The van der Waals surface area contributed by atoms with Crippen LogP contribution in [0.15, 0.2) is 72.2 Å². The van der Waals surface area contributed by atoms with Crippen LogP contribution >= 0.6 is 34.8 Å². The number of hydrogen-bond donors (Lipinski definition) is 2. The van der Waals surface area contributed by atoms with Gasteiger partial charge in [0.25, 0.3) is 5.91 Å². The lowest BCUT2D eigenvalue weighted by Gasteiger charge is -2.29. The van der Waals surface area contributed by atoms with Crippen molar-refractivity contribution in [2.24, 2.45) is 0 Å². The van der Waals surface area contributed by atoms with Gasteiger partial charge in [-0.25, -0.2) is 4.68 Å². The van der Waals surface area contributed by atoms with Gasteiger partial charge >= 0.3 is 0 Å². The summed E-state index contributed by atoms with van der Waals surface area (Å²) in [5.41, 5.74) is 3.17. The first-order valence-corrected chi connectivity index (χ1v) is 13.2. The lowest BCUT2D eigenvalue weighted by molar-refractivity contribution is -0.113. The number of fused-ring (bicyclic) bond motifs is 1. The van der Waals surface area contributed by atoms with E-state index in [1.165, 1.54) is 20.5 Å². The Balaban J connectivity index is 1.42. The summed E-state index contributed by atoms with van der Waals surface area (Å²) in [4.78, 5) is 18.1. The van der Waals surface area contributed by atoms with Crippen molar-refractivity contribution >= 4 is 52.3 Å². The number of hydrogen-bond acceptors (Lipinski definition) is 7. The number of nitrogens with zero attached hydrogens (tertiary/aromatic N) is 3. The predicted octanol–water partition coefficient (Wildman–Crippen LogP) is 6.76. The standard InChI is InChI=1S/C28H24Cl3N5O4/c1-15-25(27(37)35-22-12-23(38-2)21(31)11-24(22)39-3)26(36-28(34-15)32-14-33-36)17-5-7-18(8-6-17)40-13-16-4-9-19(29)20(30)10-16/h4-12,14,26H,13H2,1-3H3,(H,35,37)(H,32,33,34)/t26-/m0/s1. The van der Waals surface area contributed by atoms with Crippen molar-refractivity contribution in [3.05, 3.63) is 98.4 Å². The van der Waals surface area contributed by atoms with Gasteiger partial charge in [0.1, 0.15) is 36.2 Å². The topological polar surface area (TPSA) is 99.5 Å². The minimum absolute atomic E-state index is 0.315. The van der Waals surface area contributed by atoms with Crippen LogP contribution < -0.4 is 24.8 Å². The molecule has 1 aromatic heterocycles. The maximum absolute atomic E-state index is 13.8. The highest BCUT2D eigenvalue weighted by molar-refractivity contribution is 6.42. The Kier molecular flexibility index (Phi) is 8.07. The predicted molar refractivity (Wildman–Crippen MR) is 155 cm³/mol. The van der Waals surface area contributed by atoms with Gasteiger partial charge in [-0.1, -0.05) is 53.0 Å². The largest absolute Gasteiger partial charge is 0.495 e. The fourth-order valence-electron chi connectivity index (χ4n) is 4.38. The molecule has 3 aromatic carbocycles. The molecule has 1 aliphatic heterocycles. The van der Waals surface area contributed by atoms with Crippen LogP contribution in [-0.2, 0) is 11.4 Å². The molecule has 4 aromatic rings. The summed E-state index contributed by atoms with van der Waals surface area (Å²) in [5.74, 6) is 1.59. The van der Waals surface area contributed by atoms with Crippen LogP contribution in [0.1, 0.15) is 24.1 Å². The van der Waals surface area contributed by atoms with Crippen molar-refractivity contribution in [2.75, 3.05) is 24.9 Å². The molecule has 2 heterocycles. The summed E-state index contributed by atoms with van der Waals surface area (Å²) >= 11 is 18.4. The molecule has 0 saturated carbocycles. The summed E-state index contributed by atoms with van der Waals surface area (Å²) in [6, 6.07) is 15.4. The molecular formula is C28H24Cl3N5O4. The van der Waals surface area contributed by atoms with Crippen molar-refractivity contribution in [3.8, 4) is 17.2 Å². The monoisotopic (exact) mass is 599 g/mol. The van der Waals surface area contributed by atoms with Gasteiger partial charge in [-0.15, -0.1) is 0 Å². The fourth-order valence-corrected chi connectivity index (χ4v) is 4.93. The number of allylic oxidation sites excluding steroid dienone is 1. The molecule has 12 heteroatoms. The molecule has 206 valence electrons. The lowest BCUT2D eigenvalue weighted by Crippen LogP contribution is -2.31. The fraction of sp³-hybridized carbons (Fsp3) is 0.179. The molecule has 5 rings (SSSR count). The molecule has 0 unspecified atom stereocenters. The average Bonchev–Trinajstić information content (AvgIpc) is 3.42. The zero-order chi connectivity index (χ0) is 28.4. The van der Waals surface area contributed by atoms with E-state index in [0.29, 0.717) is 61.8 Å². The van der Waals surface area contributed by atoms with E-state index in [0.717, 1.165) is 11.1 Å². The van der Waals surface area contributed by atoms with Gasteiger partial charge in [0.05, 0.1) is 40.5 Å². The minimum atomic E-state index is -0.567. The summed E-state index contributed by atoms with van der Waals surface area (Å²) in [5, 5.41) is 11.8. The maximum Gasteiger partial charge on any atom is 0.255 e. The first kappa shape index (κ1) is 27.6. The van der Waals surface area contributed by atoms with Crippen molar-refractivity contribution in [1.82, 2.24) is 14.8 Å². The number of benzene rings is 3. The van der Waals surface area contributed by atoms with Crippen LogP contribution in [0.4, 0.5) is 11.6 Å². The number of aromatic nitrogens is 3. The van der Waals surface area contributed by atoms with Gasteiger partial charge < -0.3 is 24.8 Å². The Bertz CT molecular complexity index is 1600. The summed E-state index contributed by atoms with van der Waals surface area (Å²) in [6.07, 6.45) is 1.44. The first-order valence-electron chi connectivity index (χ1n) is 12.1. The molecule has 2 N–H and O–H groups in total. The zero-order valence-electron chi connectivity index (χ0n) is 21.7. The lowest BCUT2D eigenvalue weighted by atomic mass is 9.95. The van der Waals surface area contributed by atoms with E-state index in [1.807, 2.05) is 37.3 Å². The molecule has 40 heavy (non-hydrogen) atoms. The first-order chi connectivity index (χ1) is 19.3. The number of nitrogens with one attached hydrogen (secondary N) is 2. The van der Waals surface area contributed by atoms with Crippen molar-refractivity contribution in [1.29, 1.82) is 0 Å². The maximum atomic E-state index is 13.8. The molecule has 0 radical (unpaired) electrons. The Morgan fingerprint density at radius 3 is 2.42 bits per heavy atom. The van der Waals surface area contributed by atoms with Gasteiger partial charge in [0.15, 0.2) is 0 Å². The molecular weight excluding hydrogens is 577 g/mol. The molecule has 9 nitrogen and oxygen atoms in total. The van der Waals surface area contributed by atoms with Crippen LogP contribution in [0.5, 0.6) is 17.2 Å². The van der Waals surface area contributed by atoms with Crippen molar-refractivity contribution < 1.29 is 19.0 Å². The van der Waals surface area contributed by atoms with Gasteiger partial charge in [0.2, 0.25) is 5.95 Å². The smallest absolute Gasteiger partial charge is 0.255 e. The number of carbonyl (C=O) groups excluding carboxylic acids is 1. The number of carbonyl (C=O) groups is 1. The third-order valence-electron chi connectivity index (χ3n) is 6.35. The van der Waals surface area contributed by atoms with E-state index in [1.54, 1.807) is 28.9 Å². The Hall–Kier alpha value is -3.92. The second kappa shape index (κ2) is 11.7. The van der Waals surface area contributed by atoms with Crippen LogP contribution in [-0.4, -0.2) is 34.9 Å². The van der Waals surface area contributed by atoms with E-state index in [9.17, 15) is 4.79 Å². The van der Waals surface area contributed by atoms with Gasteiger partial charge in [0, 0.05) is 17.8 Å². The van der Waals surface area contributed by atoms with E-state index < -0.39 is 6.04 Å². The summed E-state index contributed by atoms with van der Waals surface area (Å²) < 4.78 is 18.4. The highest BCUT2D eigenvalue weighted by Crippen LogP contribution is 2.39. The summed E-state index contributed by atoms with van der Waals surface area (Å²) in [7, 11) is 2.99. The number of ether oxygens (including phenoxy) is 3. The molecule has 1 amide bonds. The Labute approximate surface area is 245 Å². The molecule has 0 fully saturated rings. The molecule has 0 saturated heterocycles. The van der Waals surface area contributed by atoms with Gasteiger partial charge in [-0.3, -0.25) is 4.79 Å². The third-order valence-corrected chi connectivity index (χ3v) is 7.38. The molecule has 0 aliphatic carbocycles. The SMILES string of the molecule is COc1cc(NC(=O)C2=C(C)Nc3ncnn3[C@H]2c2ccc(OCc3ccc(Cl)c(Cl)c3)cc2)c(OC)cc1Cl. The van der Waals surface area contributed by atoms with E-state index >= 15 is 0 Å². The van der Waals surface area contributed by atoms with Crippen molar-refractivity contribution in [2.45, 2.75) is 19.6 Å². The number of rotatable bonds is 8. The normalized spacial score (nSPS) is 14.3. The highest BCUT2D eigenvalue weighted by Gasteiger charge is 2.34. The van der Waals surface area contributed by atoms with E-state index in [-0.39, 0.29) is 5.91 Å². The highest BCUT2D eigenvalue weighted by atomic mass is 35.5. The second-order valence-corrected chi connectivity index (χ2v) is 10.1. The van der Waals surface area contributed by atoms with Gasteiger partial charge in [-0.2, -0.15) is 10.1 Å².